The SMILES string of the molecule is CC#N.CCN(CCCc1ccc(C2CC2C(F)(F)F)cc1)CCc1ccccc1. The standard InChI is InChI=1S/C23H28F3N.C2H3N/c1-2-27(16-14-18-7-4-3-5-8-18)15-6-9-19-10-12-20(13-11-19)21-17-22(21)23(24,25)26;1-2-3/h3-5,7-8,10-13,21-22H,2,6,9,14-17H2,1H3;1H3. The summed E-state index contributed by atoms with van der Waals surface area (Å²) in [6.45, 7) is 6.75. The van der Waals surface area contributed by atoms with E-state index in [4.69, 9.17) is 5.26 Å². The number of hydrogen-bond donors (Lipinski definition) is 0. The van der Waals surface area contributed by atoms with Crippen molar-refractivity contribution in [2.24, 2.45) is 5.92 Å². The van der Waals surface area contributed by atoms with Gasteiger partial charge in [0.15, 0.2) is 0 Å². The van der Waals surface area contributed by atoms with Crippen molar-refractivity contribution in [1.29, 1.82) is 5.26 Å². The Morgan fingerprint density at radius 2 is 1.57 bits per heavy atom. The van der Waals surface area contributed by atoms with E-state index in [-0.39, 0.29) is 12.3 Å². The average Bonchev–Trinajstić information content (AvgIpc) is 3.54. The molecule has 2 unspecified atom stereocenters. The molecule has 2 aromatic carbocycles. The third-order valence-corrected chi connectivity index (χ3v) is 5.57. The fourth-order valence-electron chi connectivity index (χ4n) is 3.72. The predicted octanol–water partition coefficient (Wildman–Crippen LogP) is 6.38. The van der Waals surface area contributed by atoms with Gasteiger partial charge in [0.2, 0.25) is 0 Å². The molecule has 0 spiro atoms. The van der Waals surface area contributed by atoms with Gasteiger partial charge in [0, 0.05) is 13.5 Å². The Balaban J connectivity index is 0.00000101. The van der Waals surface area contributed by atoms with Crippen molar-refractivity contribution < 1.29 is 13.2 Å². The topological polar surface area (TPSA) is 27.0 Å². The fraction of sp³-hybridized carbons (Fsp3) is 0.480. The van der Waals surface area contributed by atoms with Crippen LogP contribution in [0.25, 0.3) is 0 Å². The van der Waals surface area contributed by atoms with Gasteiger partial charge < -0.3 is 4.90 Å². The second-order valence-corrected chi connectivity index (χ2v) is 7.73. The van der Waals surface area contributed by atoms with E-state index in [1.807, 2.05) is 30.3 Å². The van der Waals surface area contributed by atoms with Crippen molar-refractivity contribution in [3.63, 3.8) is 0 Å². The third kappa shape index (κ3) is 7.84. The summed E-state index contributed by atoms with van der Waals surface area (Å²) in [6, 6.07) is 20.1. The van der Waals surface area contributed by atoms with E-state index in [1.165, 1.54) is 18.1 Å². The molecule has 5 heteroatoms. The number of nitrogens with zero attached hydrogens (tertiary/aromatic N) is 2. The van der Waals surface area contributed by atoms with Gasteiger partial charge in [0.05, 0.1) is 12.0 Å². The molecule has 2 nitrogen and oxygen atoms in total. The molecule has 0 aliphatic heterocycles. The van der Waals surface area contributed by atoms with E-state index in [0.717, 1.165) is 44.5 Å². The summed E-state index contributed by atoms with van der Waals surface area (Å²) < 4.78 is 38.1. The van der Waals surface area contributed by atoms with E-state index in [1.54, 1.807) is 6.07 Å². The minimum atomic E-state index is -4.05. The second-order valence-electron chi connectivity index (χ2n) is 7.73. The highest BCUT2D eigenvalue weighted by Gasteiger charge is 2.55. The van der Waals surface area contributed by atoms with Gasteiger partial charge >= 0.3 is 6.18 Å². The summed E-state index contributed by atoms with van der Waals surface area (Å²) in [7, 11) is 0. The first-order valence-electron chi connectivity index (χ1n) is 10.6. The van der Waals surface area contributed by atoms with Crippen LogP contribution >= 0.6 is 0 Å². The van der Waals surface area contributed by atoms with Crippen molar-refractivity contribution in [2.75, 3.05) is 19.6 Å². The molecule has 0 heterocycles. The van der Waals surface area contributed by atoms with Gasteiger partial charge in [-0.25, -0.2) is 0 Å². The summed E-state index contributed by atoms with van der Waals surface area (Å²) in [6.07, 6.45) is -0.709. The lowest BCUT2D eigenvalue weighted by atomic mass is 10.0. The Morgan fingerprint density at radius 1 is 0.967 bits per heavy atom. The minimum absolute atomic E-state index is 0.246. The van der Waals surface area contributed by atoms with Crippen LogP contribution in [0.2, 0.25) is 0 Å². The van der Waals surface area contributed by atoms with Crippen LogP contribution in [0.5, 0.6) is 0 Å². The van der Waals surface area contributed by atoms with Crippen LogP contribution in [-0.2, 0) is 12.8 Å². The number of benzene rings is 2. The van der Waals surface area contributed by atoms with Gasteiger partial charge in [0.1, 0.15) is 0 Å². The van der Waals surface area contributed by atoms with Crippen LogP contribution in [-0.4, -0.2) is 30.7 Å². The number of nitriles is 1. The molecular weight excluding hydrogens is 385 g/mol. The summed E-state index contributed by atoms with van der Waals surface area (Å²) in [5.41, 5.74) is 3.41. The maximum absolute atomic E-state index is 12.7. The highest BCUT2D eigenvalue weighted by Crippen LogP contribution is 2.56. The largest absolute Gasteiger partial charge is 0.392 e. The van der Waals surface area contributed by atoms with E-state index in [9.17, 15) is 13.2 Å². The van der Waals surface area contributed by atoms with Gasteiger partial charge in [-0.15, -0.1) is 0 Å². The Kier molecular flexibility index (Phi) is 9.39. The first-order valence-corrected chi connectivity index (χ1v) is 10.6. The normalized spacial score (nSPS) is 17.8. The molecule has 1 aliphatic rings. The zero-order chi connectivity index (χ0) is 22.0. The van der Waals surface area contributed by atoms with E-state index >= 15 is 0 Å². The van der Waals surface area contributed by atoms with E-state index < -0.39 is 12.1 Å². The molecule has 0 N–H and O–H groups in total. The van der Waals surface area contributed by atoms with Crippen molar-refractivity contribution in [2.45, 2.75) is 51.6 Å². The molecule has 1 saturated carbocycles. The smallest absolute Gasteiger partial charge is 0.303 e. The number of likely N-dealkylation sites (N-methyl/N-ethyl adjacent to an activating group) is 1. The van der Waals surface area contributed by atoms with Crippen LogP contribution in [0, 0.1) is 17.2 Å². The van der Waals surface area contributed by atoms with Gasteiger partial charge in [0.25, 0.3) is 0 Å². The molecule has 3 rings (SSSR count). The molecule has 30 heavy (non-hydrogen) atoms. The lowest BCUT2D eigenvalue weighted by Crippen LogP contribution is -2.27. The lowest BCUT2D eigenvalue weighted by Gasteiger charge is -2.20. The molecule has 2 aromatic rings. The first kappa shape index (κ1) is 24.0. The molecule has 0 radical (unpaired) electrons. The number of hydrogen-bond acceptors (Lipinski definition) is 2. The number of alkyl halides is 3. The molecule has 2 atom stereocenters. The van der Waals surface area contributed by atoms with Gasteiger partial charge in [-0.05, 0) is 61.4 Å². The Bertz CT molecular complexity index is 779. The van der Waals surface area contributed by atoms with E-state index in [0.29, 0.717) is 0 Å². The quantitative estimate of drug-likeness (QED) is 0.474. The maximum atomic E-state index is 12.7. The van der Waals surface area contributed by atoms with Crippen LogP contribution in [0.15, 0.2) is 54.6 Å². The average molecular weight is 417 g/mol. The third-order valence-electron chi connectivity index (χ3n) is 5.57. The number of halogens is 3. The summed E-state index contributed by atoms with van der Waals surface area (Å²) in [5, 5.41) is 7.32. The van der Waals surface area contributed by atoms with Crippen molar-refractivity contribution in [3.8, 4) is 6.07 Å². The lowest BCUT2D eigenvalue weighted by molar-refractivity contribution is -0.148. The van der Waals surface area contributed by atoms with Crippen molar-refractivity contribution >= 4 is 0 Å². The van der Waals surface area contributed by atoms with Crippen LogP contribution in [0.1, 0.15) is 49.3 Å². The summed E-state index contributed by atoms with van der Waals surface area (Å²) >= 11 is 0. The minimum Gasteiger partial charge on any atom is -0.303 e. The fourth-order valence-corrected chi connectivity index (χ4v) is 3.72. The molecule has 0 amide bonds. The Hall–Kier alpha value is -2.32. The molecule has 1 fully saturated rings. The Morgan fingerprint density at radius 3 is 2.10 bits per heavy atom. The molecule has 162 valence electrons. The van der Waals surface area contributed by atoms with Crippen molar-refractivity contribution in [1.82, 2.24) is 4.90 Å². The summed E-state index contributed by atoms with van der Waals surface area (Å²) in [5.74, 6) is -1.46. The van der Waals surface area contributed by atoms with Crippen molar-refractivity contribution in [3.05, 3.63) is 71.3 Å². The predicted molar refractivity (Wildman–Crippen MR) is 115 cm³/mol. The zero-order valence-corrected chi connectivity index (χ0v) is 17.8. The number of aryl methyl sites for hydroxylation is 1. The maximum Gasteiger partial charge on any atom is 0.392 e. The molecular formula is C25H31F3N2. The zero-order valence-electron chi connectivity index (χ0n) is 17.8. The first-order chi connectivity index (χ1) is 14.4. The van der Waals surface area contributed by atoms with Gasteiger partial charge in [-0.2, -0.15) is 18.4 Å². The van der Waals surface area contributed by atoms with Crippen LogP contribution in [0.3, 0.4) is 0 Å². The second kappa shape index (κ2) is 11.8. The monoisotopic (exact) mass is 416 g/mol. The highest BCUT2D eigenvalue weighted by atomic mass is 19.4. The van der Waals surface area contributed by atoms with Crippen LogP contribution in [0.4, 0.5) is 13.2 Å². The van der Waals surface area contributed by atoms with E-state index in [2.05, 4.69) is 36.1 Å². The van der Waals surface area contributed by atoms with Crippen LogP contribution < -0.4 is 0 Å². The van der Waals surface area contributed by atoms with Gasteiger partial charge in [-0.1, -0.05) is 61.5 Å². The Labute approximate surface area is 178 Å². The molecule has 0 bridgehead atoms. The number of rotatable bonds is 9. The molecule has 0 aromatic heterocycles. The molecule has 1 aliphatic carbocycles. The molecule has 0 saturated heterocycles. The summed E-state index contributed by atoms with van der Waals surface area (Å²) in [4.78, 5) is 2.46. The highest BCUT2D eigenvalue weighted by molar-refractivity contribution is 5.30. The van der Waals surface area contributed by atoms with Gasteiger partial charge in [-0.3, -0.25) is 0 Å².